The van der Waals surface area contributed by atoms with Gasteiger partial charge in [-0.3, -0.25) is 14.4 Å². The Kier molecular flexibility index (Phi) is 6.08. The first-order valence-corrected chi connectivity index (χ1v) is 9.07. The van der Waals surface area contributed by atoms with E-state index in [1.807, 2.05) is 60.8 Å². The van der Waals surface area contributed by atoms with E-state index >= 15 is 0 Å². The van der Waals surface area contributed by atoms with Gasteiger partial charge in [0.25, 0.3) is 0 Å². The first-order chi connectivity index (χ1) is 13.0. The van der Waals surface area contributed by atoms with E-state index in [1.165, 1.54) is 5.56 Å². The van der Waals surface area contributed by atoms with E-state index in [0.29, 0.717) is 19.6 Å². The van der Waals surface area contributed by atoms with E-state index in [9.17, 15) is 4.79 Å². The third-order valence-corrected chi connectivity index (χ3v) is 4.59. The molecule has 0 bridgehead atoms. The molecule has 0 unspecified atom stereocenters. The van der Waals surface area contributed by atoms with Crippen LogP contribution in [0.4, 0.5) is 0 Å². The molecule has 3 rings (SSSR count). The van der Waals surface area contributed by atoms with Crippen molar-refractivity contribution < 1.29 is 9.21 Å². The molecule has 3 aromatic rings. The number of nitrogens with one attached hydrogen (secondary N) is 1. The number of furan rings is 1. The van der Waals surface area contributed by atoms with Crippen molar-refractivity contribution in [3.63, 3.8) is 0 Å². The summed E-state index contributed by atoms with van der Waals surface area (Å²) in [6.45, 7) is 6.17. The van der Waals surface area contributed by atoms with Crippen LogP contribution in [-0.2, 0) is 24.4 Å². The van der Waals surface area contributed by atoms with Crippen LogP contribution in [0.5, 0.6) is 0 Å². The molecule has 0 fully saturated rings. The highest BCUT2D eigenvalue weighted by atomic mass is 16.3. The quantitative estimate of drug-likeness (QED) is 0.666. The predicted octanol–water partition coefficient (Wildman–Crippen LogP) is 2.89. The third kappa shape index (κ3) is 5.08. The Morgan fingerprint density at radius 3 is 2.67 bits per heavy atom. The Morgan fingerprint density at radius 2 is 1.96 bits per heavy atom. The Morgan fingerprint density at radius 1 is 1.19 bits per heavy atom. The van der Waals surface area contributed by atoms with Crippen molar-refractivity contribution in [2.24, 2.45) is 0 Å². The minimum atomic E-state index is -0.0151. The van der Waals surface area contributed by atoms with Gasteiger partial charge in [0.1, 0.15) is 5.76 Å². The van der Waals surface area contributed by atoms with E-state index in [1.54, 1.807) is 6.26 Å². The van der Waals surface area contributed by atoms with Gasteiger partial charge in [-0.05, 0) is 38.6 Å². The maximum Gasteiger partial charge on any atom is 0.234 e. The van der Waals surface area contributed by atoms with Crippen LogP contribution in [-0.4, -0.2) is 34.2 Å². The monoisotopic (exact) mass is 366 g/mol. The zero-order valence-corrected chi connectivity index (χ0v) is 16.1. The summed E-state index contributed by atoms with van der Waals surface area (Å²) in [5.74, 6) is 0.831. The number of carbonyl (C=O) groups excluding carboxylic acids is 1. The van der Waals surface area contributed by atoms with Crippen LogP contribution in [0.25, 0.3) is 0 Å². The molecule has 0 aliphatic carbocycles. The number of carbonyl (C=O) groups is 1. The normalized spacial score (nSPS) is 11.1. The average molecular weight is 366 g/mol. The van der Waals surface area contributed by atoms with Crippen LogP contribution in [0.1, 0.15) is 28.3 Å². The van der Waals surface area contributed by atoms with Gasteiger partial charge in [0.05, 0.1) is 31.6 Å². The number of nitrogens with zero attached hydrogens (tertiary/aromatic N) is 3. The van der Waals surface area contributed by atoms with E-state index in [2.05, 4.69) is 22.5 Å². The SMILES string of the molecule is Cc1nn(Cc2ccccc2)c(C)c1CNC(=O)CN(C)Cc1ccco1. The maximum absolute atomic E-state index is 12.3. The Hall–Kier alpha value is -2.86. The molecule has 0 saturated carbocycles. The fourth-order valence-corrected chi connectivity index (χ4v) is 3.11. The predicted molar refractivity (Wildman–Crippen MR) is 104 cm³/mol. The zero-order valence-electron chi connectivity index (χ0n) is 16.1. The highest BCUT2D eigenvalue weighted by Crippen LogP contribution is 2.14. The number of amides is 1. The van der Waals surface area contributed by atoms with E-state index in [4.69, 9.17) is 4.42 Å². The van der Waals surface area contributed by atoms with Crippen molar-refractivity contribution >= 4 is 5.91 Å². The molecule has 1 amide bonds. The van der Waals surface area contributed by atoms with Crippen LogP contribution >= 0.6 is 0 Å². The molecule has 0 aliphatic rings. The first-order valence-electron chi connectivity index (χ1n) is 9.07. The average Bonchev–Trinajstić information content (AvgIpc) is 3.23. The van der Waals surface area contributed by atoms with Crippen LogP contribution < -0.4 is 5.32 Å². The number of benzene rings is 1. The lowest BCUT2D eigenvalue weighted by molar-refractivity contribution is -0.122. The molecule has 0 spiro atoms. The molecule has 0 radical (unpaired) electrons. The van der Waals surface area contributed by atoms with E-state index < -0.39 is 0 Å². The topological polar surface area (TPSA) is 63.3 Å². The van der Waals surface area contributed by atoms with Gasteiger partial charge < -0.3 is 9.73 Å². The van der Waals surface area contributed by atoms with E-state index in [0.717, 1.165) is 29.3 Å². The van der Waals surface area contributed by atoms with Crippen molar-refractivity contribution in [2.45, 2.75) is 33.5 Å². The summed E-state index contributed by atoms with van der Waals surface area (Å²) in [6, 6.07) is 14.0. The lowest BCUT2D eigenvalue weighted by Crippen LogP contribution is -2.34. The minimum Gasteiger partial charge on any atom is -0.468 e. The highest BCUT2D eigenvalue weighted by Gasteiger charge is 2.14. The molecule has 0 aliphatic heterocycles. The minimum absolute atomic E-state index is 0.0151. The molecular weight excluding hydrogens is 340 g/mol. The van der Waals surface area contributed by atoms with Crippen LogP contribution in [0, 0.1) is 13.8 Å². The number of rotatable bonds is 8. The highest BCUT2D eigenvalue weighted by molar-refractivity contribution is 5.78. The van der Waals surface area contributed by atoms with E-state index in [-0.39, 0.29) is 5.91 Å². The van der Waals surface area contributed by atoms with Crippen LogP contribution in [0.3, 0.4) is 0 Å². The molecule has 1 N–H and O–H groups in total. The van der Waals surface area contributed by atoms with Crippen molar-refractivity contribution in [1.82, 2.24) is 20.0 Å². The molecule has 0 atom stereocenters. The number of hydrogen-bond acceptors (Lipinski definition) is 4. The summed E-state index contributed by atoms with van der Waals surface area (Å²) in [6.07, 6.45) is 1.64. The molecule has 142 valence electrons. The second-order valence-corrected chi connectivity index (χ2v) is 6.82. The number of hydrogen-bond donors (Lipinski definition) is 1. The first kappa shape index (κ1) is 18.9. The summed E-state index contributed by atoms with van der Waals surface area (Å²) in [5.41, 5.74) is 4.32. The lowest BCUT2D eigenvalue weighted by atomic mass is 10.2. The standard InChI is InChI=1S/C21H26N4O2/c1-16-20(17(2)25(23-16)13-18-8-5-4-6-9-18)12-22-21(26)15-24(3)14-19-10-7-11-27-19/h4-11H,12-15H2,1-3H3,(H,22,26). The smallest absolute Gasteiger partial charge is 0.234 e. The van der Waals surface area contributed by atoms with Gasteiger partial charge in [0.15, 0.2) is 0 Å². The van der Waals surface area contributed by atoms with Gasteiger partial charge >= 0.3 is 0 Å². The molecule has 2 aromatic heterocycles. The largest absolute Gasteiger partial charge is 0.468 e. The third-order valence-electron chi connectivity index (χ3n) is 4.59. The Bertz CT molecular complexity index is 869. The number of aromatic nitrogens is 2. The summed E-state index contributed by atoms with van der Waals surface area (Å²) in [7, 11) is 1.90. The fraction of sp³-hybridized carbons (Fsp3) is 0.333. The van der Waals surface area contributed by atoms with Gasteiger partial charge in [0, 0.05) is 17.8 Å². The van der Waals surface area contributed by atoms with Crippen molar-refractivity contribution in [1.29, 1.82) is 0 Å². The second-order valence-electron chi connectivity index (χ2n) is 6.82. The van der Waals surface area contributed by atoms with Crippen LogP contribution in [0.2, 0.25) is 0 Å². The fourth-order valence-electron chi connectivity index (χ4n) is 3.11. The summed E-state index contributed by atoms with van der Waals surface area (Å²) in [5, 5.41) is 7.64. The molecule has 1 aromatic carbocycles. The van der Waals surface area contributed by atoms with Gasteiger partial charge in [-0.25, -0.2) is 0 Å². The molecule has 6 heteroatoms. The Balaban J connectivity index is 1.55. The van der Waals surface area contributed by atoms with Crippen molar-refractivity contribution in [3.8, 4) is 0 Å². The van der Waals surface area contributed by atoms with Crippen LogP contribution in [0.15, 0.2) is 53.1 Å². The maximum atomic E-state index is 12.3. The van der Waals surface area contributed by atoms with Gasteiger partial charge in [0.2, 0.25) is 5.91 Å². The van der Waals surface area contributed by atoms with Gasteiger partial charge in [-0.2, -0.15) is 5.10 Å². The second kappa shape index (κ2) is 8.68. The van der Waals surface area contributed by atoms with Crippen molar-refractivity contribution in [3.05, 3.63) is 77.0 Å². The zero-order chi connectivity index (χ0) is 19.2. The molecule has 0 saturated heterocycles. The van der Waals surface area contributed by atoms with Gasteiger partial charge in [-0.15, -0.1) is 0 Å². The lowest BCUT2D eigenvalue weighted by Gasteiger charge is -2.15. The summed E-state index contributed by atoms with van der Waals surface area (Å²) in [4.78, 5) is 14.2. The molecule has 2 heterocycles. The molecular formula is C21H26N4O2. The number of aryl methyl sites for hydroxylation is 1. The van der Waals surface area contributed by atoms with Crippen molar-refractivity contribution in [2.75, 3.05) is 13.6 Å². The number of likely N-dealkylation sites (N-methyl/N-ethyl adjacent to an activating group) is 1. The summed E-state index contributed by atoms with van der Waals surface area (Å²) >= 11 is 0. The van der Waals surface area contributed by atoms with Gasteiger partial charge in [-0.1, -0.05) is 30.3 Å². The molecule has 6 nitrogen and oxygen atoms in total. The molecule has 27 heavy (non-hydrogen) atoms. The summed E-state index contributed by atoms with van der Waals surface area (Å²) < 4.78 is 7.31. The Labute approximate surface area is 159 Å².